The number of hydrogen-bond acceptors (Lipinski definition) is 2. The summed E-state index contributed by atoms with van der Waals surface area (Å²) in [6.07, 6.45) is 1.88. The predicted octanol–water partition coefficient (Wildman–Crippen LogP) is 20.2. The molecule has 392 valence electrons. The van der Waals surface area contributed by atoms with Gasteiger partial charge in [0.15, 0.2) is 5.82 Å². The van der Waals surface area contributed by atoms with Gasteiger partial charge >= 0.3 is 0 Å². The Morgan fingerprint density at radius 2 is 0.488 bits per heavy atom. The summed E-state index contributed by atoms with van der Waals surface area (Å²) in [4.78, 5) is 11.5. The van der Waals surface area contributed by atoms with E-state index in [2.05, 4.69) is 310 Å². The fraction of sp³-hybridized carbons (Fsp3) is 0. The van der Waals surface area contributed by atoms with Crippen molar-refractivity contribution in [2.75, 3.05) is 0 Å². The van der Waals surface area contributed by atoms with Crippen LogP contribution >= 0.6 is 0 Å². The number of fused-ring (bicyclic) bond motifs is 12. The molecule has 0 unspecified atom stereocenters. The zero-order valence-corrected chi connectivity index (χ0v) is 45.6. The van der Waals surface area contributed by atoms with Crippen molar-refractivity contribution in [1.29, 1.82) is 0 Å². The molecule has 6 heteroatoms. The molecule has 0 amide bonds. The number of nitrogens with zero attached hydrogens (tertiary/aromatic N) is 6. The molecule has 0 N–H and O–H groups in total. The van der Waals surface area contributed by atoms with Gasteiger partial charge in [-0.1, -0.05) is 207 Å². The molecule has 0 bridgehead atoms. The van der Waals surface area contributed by atoms with E-state index in [1.807, 2.05) is 6.08 Å². The van der Waals surface area contributed by atoms with Crippen LogP contribution in [0.25, 0.3) is 161 Å². The molecule has 17 rings (SSSR count). The molecular formula is C78H50N6. The van der Waals surface area contributed by atoms with Crippen LogP contribution in [-0.2, 0) is 0 Å². The molecule has 0 saturated carbocycles. The summed E-state index contributed by atoms with van der Waals surface area (Å²) < 4.78 is 9.65. The first-order valence-electron chi connectivity index (χ1n) is 28.6. The number of hydrogen-bond donors (Lipinski definition) is 0. The normalized spacial score (nSPS) is 11.9. The van der Waals surface area contributed by atoms with Crippen LogP contribution in [0.3, 0.4) is 0 Å². The molecule has 0 aliphatic carbocycles. The number of aromatic nitrogens is 6. The lowest BCUT2D eigenvalue weighted by atomic mass is 10.0. The standard InChI is InChI=1S/C78H50N6/c1-2-50-35-37-51(38-36-50)52-39-41-53(42-40-52)68-49-69(54-43-56(81-70-27-11-3-19-60(70)61-20-4-12-28-71(61)81)47-57(44-54)82-72-29-13-5-21-62(72)63-22-6-14-30-73(63)82)80-78(79-68)55-45-58(83-74-31-15-7-23-64(74)65-24-8-16-32-75(65)83)48-59(46-55)84-76-33-17-9-25-66(76)67-26-10-18-34-77(67)84/h2-49H,1H2. The first-order chi connectivity index (χ1) is 41.6. The maximum Gasteiger partial charge on any atom is 0.160 e. The lowest BCUT2D eigenvalue weighted by Crippen LogP contribution is -2.03. The van der Waals surface area contributed by atoms with Crippen molar-refractivity contribution in [3.8, 4) is 67.8 Å². The van der Waals surface area contributed by atoms with Gasteiger partial charge in [-0.25, -0.2) is 9.97 Å². The van der Waals surface area contributed by atoms with E-state index < -0.39 is 0 Å². The molecule has 0 fully saturated rings. The molecule has 0 atom stereocenters. The average molecular weight is 1070 g/mol. The lowest BCUT2D eigenvalue weighted by molar-refractivity contribution is 1.12. The molecule has 84 heavy (non-hydrogen) atoms. The third kappa shape index (κ3) is 7.44. The molecule has 5 heterocycles. The minimum Gasteiger partial charge on any atom is -0.309 e. The Bertz CT molecular complexity index is 4740. The van der Waals surface area contributed by atoms with Gasteiger partial charge in [-0.2, -0.15) is 0 Å². The van der Waals surface area contributed by atoms with E-state index in [0.717, 1.165) is 112 Å². The van der Waals surface area contributed by atoms with E-state index in [1.54, 1.807) is 0 Å². The third-order valence-corrected chi connectivity index (χ3v) is 17.1. The van der Waals surface area contributed by atoms with Gasteiger partial charge in [0.25, 0.3) is 0 Å². The summed E-state index contributed by atoms with van der Waals surface area (Å²) in [6, 6.07) is 103. The van der Waals surface area contributed by atoms with Crippen LogP contribution in [0.4, 0.5) is 0 Å². The quantitative estimate of drug-likeness (QED) is 0.145. The highest BCUT2D eigenvalue weighted by atomic mass is 15.0. The van der Waals surface area contributed by atoms with Gasteiger partial charge in [-0.05, 0) is 108 Å². The Morgan fingerprint density at radius 1 is 0.238 bits per heavy atom. The van der Waals surface area contributed by atoms with E-state index in [1.165, 1.54) is 43.1 Å². The fourth-order valence-corrected chi connectivity index (χ4v) is 13.3. The SMILES string of the molecule is C=Cc1ccc(-c2ccc(-c3cc(-c4cc(-n5c6ccccc6c6ccccc65)cc(-n5c6ccccc6c6ccccc65)c4)nc(-c4cc(-n5c6ccccc6c6ccccc65)cc(-n5c6ccccc6c6ccccc65)c4)n3)cc2)cc1. The van der Waals surface area contributed by atoms with E-state index in [0.29, 0.717) is 5.82 Å². The van der Waals surface area contributed by atoms with Gasteiger partial charge in [0, 0.05) is 82.5 Å². The zero-order valence-electron chi connectivity index (χ0n) is 45.6. The third-order valence-electron chi connectivity index (χ3n) is 17.1. The van der Waals surface area contributed by atoms with Crippen LogP contribution in [0.1, 0.15) is 5.56 Å². The van der Waals surface area contributed by atoms with E-state index in [9.17, 15) is 0 Å². The minimum atomic E-state index is 0.608. The fourth-order valence-electron chi connectivity index (χ4n) is 13.3. The highest BCUT2D eigenvalue weighted by Gasteiger charge is 2.22. The van der Waals surface area contributed by atoms with Crippen molar-refractivity contribution in [2.24, 2.45) is 0 Å². The Kier molecular flexibility index (Phi) is 10.7. The summed E-state index contributed by atoms with van der Waals surface area (Å²) in [5.74, 6) is 0.608. The highest BCUT2D eigenvalue weighted by molar-refractivity contribution is 6.13. The van der Waals surface area contributed by atoms with Crippen LogP contribution in [0.15, 0.2) is 292 Å². The molecule has 0 aliphatic rings. The molecule has 0 saturated heterocycles. The Labute approximate surface area is 483 Å². The van der Waals surface area contributed by atoms with Gasteiger partial charge in [0.1, 0.15) is 0 Å². The lowest BCUT2D eigenvalue weighted by Gasteiger charge is -2.17. The number of para-hydroxylation sites is 8. The number of rotatable bonds is 9. The Hall–Kier alpha value is -11.3. The summed E-state index contributed by atoms with van der Waals surface area (Å²) >= 11 is 0. The summed E-state index contributed by atoms with van der Waals surface area (Å²) in [5, 5.41) is 9.58. The van der Waals surface area contributed by atoms with E-state index >= 15 is 0 Å². The predicted molar refractivity (Wildman–Crippen MR) is 351 cm³/mol. The van der Waals surface area contributed by atoms with Crippen molar-refractivity contribution in [1.82, 2.24) is 28.2 Å². The van der Waals surface area contributed by atoms with Crippen LogP contribution in [0.2, 0.25) is 0 Å². The average Bonchev–Trinajstić information content (AvgIpc) is 3.81. The Morgan fingerprint density at radius 3 is 0.786 bits per heavy atom. The van der Waals surface area contributed by atoms with Crippen molar-refractivity contribution in [3.05, 3.63) is 297 Å². The summed E-state index contributed by atoms with van der Waals surface area (Å²) in [6.45, 7) is 3.99. The first kappa shape index (κ1) is 47.5. The van der Waals surface area contributed by atoms with Gasteiger partial charge in [0.05, 0.1) is 55.5 Å². The molecule has 0 radical (unpaired) electrons. The van der Waals surface area contributed by atoms with Crippen molar-refractivity contribution >= 4 is 93.3 Å². The van der Waals surface area contributed by atoms with Gasteiger partial charge < -0.3 is 18.3 Å². The number of benzene rings is 12. The van der Waals surface area contributed by atoms with Crippen LogP contribution in [-0.4, -0.2) is 28.2 Å². The van der Waals surface area contributed by atoms with Crippen LogP contribution in [0.5, 0.6) is 0 Å². The van der Waals surface area contributed by atoms with Gasteiger partial charge in [-0.15, -0.1) is 0 Å². The van der Waals surface area contributed by atoms with Gasteiger partial charge in [0.2, 0.25) is 0 Å². The minimum absolute atomic E-state index is 0.608. The second kappa shape index (κ2) is 18.9. The van der Waals surface area contributed by atoms with Crippen LogP contribution < -0.4 is 0 Å². The first-order valence-corrected chi connectivity index (χ1v) is 28.6. The molecular weight excluding hydrogens is 1020 g/mol. The van der Waals surface area contributed by atoms with E-state index in [-0.39, 0.29) is 0 Å². The second-order valence-electron chi connectivity index (χ2n) is 21.8. The van der Waals surface area contributed by atoms with Crippen LogP contribution in [0, 0.1) is 0 Å². The maximum atomic E-state index is 5.81. The van der Waals surface area contributed by atoms with Gasteiger partial charge in [-0.3, -0.25) is 0 Å². The molecule has 6 nitrogen and oxygen atoms in total. The maximum absolute atomic E-state index is 5.81. The van der Waals surface area contributed by atoms with Crippen molar-refractivity contribution in [2.45, 2.75) is 0 Å². The Balaban J connectivity index is 0.962. The largest absolute Gasteiger partial charge is 0.309 e. The molecule has 12 aromatic carbocycles. The topological polar surface area (TPSA) is 45.5 Å². The summed E-state index contributed by atoms with van der Waals surface area (Å²) in [5.41, 5.74) is 20.8. The second-order valence-corrected chi connectivity index (χ2v) is 21.8. The van der Waals surface area contributed by atoms with E-state index in [4.69, 9.17) is 9.97 Å². The molecule has 5 aromatic heterocycles. The molecule has 0 spiro atoms. The monoisotopic (exact) mass is 1070 g/mol. The summed E-state index contributed by atoms with van der Waals surface area (Å²) in [7, 11) is 0. The zero-order chi connectivity index (χ0) is 55.4. The molecule has 17 aromatic rings. The van der Waals surface area contributed by atoms with Crippen molar-refractivity contribution in [3.63, 3.8) is 0 Å². The molecule has 0 aliphatic heterocycles. The van der Waals surface area contributed by atoms with Crippen molar-refractivity contribution < 1.29 is 0 Å². The smallest absolute Gasteiger partial charge is 0.160 e. The highest BCUT2D eigenvalue weighted by Crippen LogP contribution is 2.42.